The maximum absolute atomic E-state index is 10.6. The third-order valence-electron chi connectivity index (χ3n) is 2.06. The van der Waals surface area contributed by atoms with E-state index in [0.29, 0.717) is 6.04 Å². The van der Waals surface area contributed by atoms with Crippen molar-refractivity contribution in [3.63, 3.8) is 0 Å². The lowest BCUT2D eigenvalue weighted by Crippen LogP contribution is -2.42. The summed E-state index contributed by atoms with van der Waals surface area (Å²) in [6.45, 7) is 2.88. The highest BCUT2D eigenvalue weighted by Gasteiger charge is 2.21. The molecule has 1 aliphatic rings. The topological polar surface area (TPSA) is 55.1 Å². The number of nitrogens with two attached hydrogens (primary N) is 1. The minimum Gasteiger partial charge on any atom is -0.369 e. The first-order valence-electron chi connectivity index (χ1n) is 3.73. The summed E-state index contributed by atoms with van der Waals surface area (Å²) in [5, 5.41) is 3.21. The molecule has 3 N–H and O–H groups in total. The largest absolute Gasteiger partial charge is 0.369 e. The molecule has 0 aromatic rings. The second-order valence-electron chi connectivity index (χ2n) is 2.99. The van der Waals surface area contributed by atoms with Crippen LogP contribution in [0.5, 0.6) is 0 Å². The van der Waals surface area contributed by atoms with E-state index < -0.39 is 0 Å². The van der Waals surface area contributed by atoms with Gasteiger partial charge in [0.05, 0.1) is 5.92 Å². The van der Waals surface area contributed by atoms with Crippen LogP contribution < -0.4 is 11.1 Å². The summed E-state index contributed by atoms with van der Waals surface area (Å²) < 4.78 is 0. The Labute approximate surface area is 61.0 Å². The predicted octanol–water partition coefficient (Wildman–Crippen LogP) is -0.140. The van der Waals surface area contributed by atoms with Crippen LogP contribution in [0.15, 0.2) is 0 Å². The van der Waals surface area contributed by atoms with Crippen molar-refractivity contribution >= 4 is 5.91 Å². The van der Waals surface area contributed by atoms with Crippen LogP contribution in [0.4, 0.5) is 0 Å². The molecule has 0 spiro atoms. The van der Waals surface area contributed by atoms with Gasteiger partial charge >= 0.3 is 0 Å². The molecule has 0 bridgehead atoms. The standard InChI is InChI=1S/C7H14N2O/c1-5-2-3-6(4-9-5)7(8)10/h5-6,9H,2-4H2,1H3,(H2,8,10)/t5-,6-/m1/s1. The summed E-state index contributed by atoms with van der Waals surface area (Å²) in [6, 6.07) is 0.551. The maximum Gasteiger partial charge on any atom is 0.221 e. The van der Waals surface area contributed by atoms with Crippen molar-refractivity contribution in [2.45, 2.75) is 25.8 Å². The van der Waals surface area contributed by atoms with Crippen LogP contribution in [0.2, 0.25) is 0 Å². The number of amides is 1. The lowest BCUT2D eigenvalue weighted by Gasteiger charge is -2.25. The number of rotatable bonds is 1. The zero-order valence-electron chi connectivity index (χ0n) is 6.26. The van der Waals surface area contributed by atoms with E-state index in [1.54, 1.807) is 0 Å². The molecule has 1 fully saturated rings. The van der Waals surface area contributed by atoms with E-state index in [0.717, 1.165) is 19.4 Å². The van der Waals surface area contributed by atoms with E-state index in [4.69, 9.17) is 5.73 Å². The van der Waals surface area contributed by atoms with Gasteiger partial charge in [-0.05, 0) is 19.8 Å². The van der Waals surface area contributed by atoms with Crippen molar-refractivity contribution in [2.24, 2.45) is 11.7 Å². The van der Waals surface area contributed by atoms with E-state index in [-0.39, 0.29) is 11.8 Å². The van der Waals surface area contributed by atoms with Gasteiger partial charge in [0.25, 0.3) is 0 Å². The third kappa shape index (κ3) is 1.70. The Hall–Kier alpha value is -0.570. The van der Waals surface area contributed by atoms with Gasteiger partial charge in [0, 0.05) is 12.6 Å². The van der Waals surface area contributed by atoms with Crippen LogP contribution in [0, 0.1) is 5.92 Å². The number of hydrogen-bond acceptors (Lipinski definition) is 2. The zero-order chi connectivity index (χ0) is 7.56. The van der Waals surface area contributed by atoms with Crippen LogP contribution in [-0.4, -0.2) is 18.5 Å². The fourth-order valence-corrected chi connectivity index (χ4v) is 1.24. The molecule has 0 radical (unpaired) electrons. The smallest absolute Gasteiger partial charge is 0.221 e. The summed E-state index contributed by atoms with van der Waals surface area (Å²) in [6.07, 6.45) is 2.01. The molecular weight excluding hydrogens is 128 g/mol. The van der Waals surface area contributed by atoms with Gasteiger partial charge in [-0.3, -0.25) is 4.79 Å². The number of carbonyl (C=O) groups is 1. The predicted molar refractivity (Wildman–Crippen MR) is 39.4 cm³/mol. The van der Waals surface area contributed by atoms with Crippen molar-refractivity contribution in [1.29, 1.82) is 0 Å². The number of primary amides is 1. The molecule has 3 nitrogen and oxygen atoms in total. The van der Waals surface area contributed by atoms with Gasteiger partial charge in [0.15, 0.2) is 0 Å². The quantitative estimate of drug-likeness (QED) is 0.535. The number of carbonyl (C=O) groups excluding carboxylic acids is 1. The second-order valence-corrected chi connectivity index (χ2v) is 2.99. The van der Waals surface area contributed by atoms with Gasteiger partial charge in [-0.25, -0.2) is 0 Å². The summed E-state index contributed by atoms with van der Waals surface area (Å²) in [5.41, 5.74) is 5.13. The number of nitrogens with one attached hydrogen (secondary N) is 1. The highest BCUT2D eigenvalue weighted by atomic mass is 16.1. The molecule has 10 heavy (non-hydrogen) atoms. The fourth-order valence-electron chi connectivity index (χ4n) is 1.24. The Morgan fingerprint density at radius 3 is 2.70 bits per heavy atom. The molecule has 1 heterocycles. The Kier molecular flexibility index (Phi) is 2.27. The first kappa shape index (κ1) is 7.54. The van der Waals surface area contributed by atoms with E-state index in [1.807, 2.05) is 0 Å². The molecule has 0 aromatic carbocycles. The molecule has 1 saturated heterocycles. The minimum absolute atomic E-state index is 0.0659. The Balaban J connectivity index is 2.33. The fraction of sp³-hybridized carbons (Fsp3) is 0.857. The van der Waals surface area contributed by atoms with Crippen LogP contribution >= 0.6 is 0 Å². The van der Waals surface area contributed by atoms with Gasteiger partial charge in [-0.15, -0.1) is 0 Å². The third-order valence-corrected chi connectivity index (χ3v) is 2.06. The molecule has 0 saturated carbocycles. The maximum atomic E-state index is 10.6. The molecule has 0 aliphatic carbocycles. The van der Waals surface area contributed by atoms with E-state index in [2.05, 4.69) is 12.2 Å². The average Bonchev–Trinajstić information content (AvgIpc) is 1.88. The van der Waals surface area contributed by atoms with Gasteiger partial charge < -0.3 is 11.1 Å². The van der Waals surface area contributed by atoms with Crippen LogP contribution in [0.1, 0.15) is 19.8 Å². The number of piperidine rings is 1. The molecule has 1 amide bonds. The van der Waals surface area contributed by atoms with Crippen LogP contribution in [0.25, 0.3) is 0 Å². The minimum atomic E-state index is -0.167. The molecule has 2 atom stereocenters. The first-order chi connectivity index (χ1) is 4.70. The van der Waals surface area contributed by atoms with Crippen molar-refractivity contribution in [1.82, 2.24) is 5.32 Å². The summed E-state index contributed by atoms with van der Waals surface area (Å²) in [4.78, 5) is 10.6. The highest BCUT2D eigenvalue weighted by molar-refractivity contribution is 5.76. The SMILES string of the molecule is C[C@@H]1CC[C@@H](C(N)=O)CN1. The molecular formula is C7H14N2O. The van der Waals surface area contributed by atoms with Gasteiger partial charge in [0.1, 0.15) is 0 Å². The van der Waals surface area contributed by atoms with Crippen molar-refractivity contribution in [3.8, 4) is 0 Å². The van der Waals surface area contributed by atoms with Gasteiger partial charge in [0.2, 0.25) is 5.91 Å². The lowest BCUT2D eigenvalue weighted by molar-refractivity contribution is -0.122. The lowest BCUT2D eigenvalue weighted by atomic mass is 9.95. The molecule has 3 heteroatoms. The average molecular weight is 142 g/mol. The van der Waals surface area contributed by atoms with E-state index >= 15 is 0 Å². The first-order valence-corrected chi connectivity index (χ1v) is 3.73. The van der Waals surface area contributed by atoms with Gasteiger partial charge in [-0.2, -0.15) is 0 Å². The number of hydrogen-bond donors (Lipinski definition) is 2. The molecule has 1 aliphatic heterocycles. The zero-order valence-corrected chi connectivity index (χ0v) is 6.26. The normalized spacial score (nSPS) is 33.7. The molecule has 0 aromatic heterocycles. The molecule has 0 unspecified atom stereocenters. The Bertz CT molecular complexity index is 128. The monoisotopic (exact) mass is 142 g/mol. The molecule has 1 rings (SSSR count). The Morgan fingerprint density at radius 2 is 2.30 bits per heavy atom. The van der Waals surface area contributed by atoms with Crippen LogP contribution in [-0.2, 0) is 4.79 Å². The van der Waals surface area contributed by atoms with Gasteiger partial charge in [-0.1, -0.05) is 0 Å². The summed E-state index contributed by atoms with van der Waals surface area (Å²) in [5.74, 6) is -0.101. The summed E-state index contributed by atoms with van der Waals surface area (Å²) >= 11 is 0. The van der Waals surface area contributed by atoms with Crippen molar-refractivity contribution in [3.05, 3.63) is 0 Å². The summed E-state index contributed by atoms with van der Waals surface area (Å²) in [7, 11) is 0. The van der Waals surface area contributed by atoms with Crippen molar-refractivity contribution in [2.75, 3.05) is 6.54 Å². The van der Waals surface area contributed by atoms with E-state index in [9.17, 15) is 4.79 Å². The van der Waals surface area contributed by atoms with E-state index in [1.165, 1.54) is 0 Å². The van der Waals surface area contributed by atoms with Crippen molar-refractivity contribution < 1.29 is 4.79 Å². The molecule has 58 valence electrons. The Morgan fingerprint density at radius 1 is 1.60 bits per heavy atom. The highest BCUT2D eigenvalue weighted by Crippen LogP contribution is 2.12. The van der Waals surface area contributed by atoms with Crippen LogP contribution in [0.3, 0.4) is 0 Å². The second kappa shape index (κ2) is 3.01.